The summed E-state index contributed by atoms with van der Waals surface area (Å²) < 4.78 is 35.9. The molecule has 5 heteroatoms. The van der Waals surface area contributed by atoms with Crippen LogP contribution < -0.4 is 0 Å². The lowest BCUT2D eigenvalue weighted by Gasteiger charge is -2.13. The molecule has 0 saturated heterocycles. The van der Waals surface area contributed by atoms with Gasteiger partial charge in [0.15, 0.2) is 0 Å². The number of esters is 1. The molecule has 0 heterocycles. The van der Waals surface area contributed by atoms with Crippen LogP contribution in [0.25, 0.3) is 33.4 Å². The first-order valence-corrected chi connectivity index (χ1v) is 14.1. The molecule has 0 aliphatic heterocycles. The predicted octanol–water partition coefficient (Wildman–Crippen LogP) is 8.85. The fraction of sp³-hybridized carbons (Fsp3) is 0.250. The van der Waals surface area contributed by atoms with Crippen molar-refractivity contribution in [2.45, 2.75) is 52.1 Å². The molecular weight excluding hydrogens is 518 g/mol. The molecule has 4 aromatic rings. The summed E-state index contributed by atoms with van der Waals surface area (Å²) in [6.45, 7) is 5.65. The van der Waals surface area contributed by atoms with E-state index in [1.807, 2.05) is 24.3 Å². The van der Waals surface area contributed by atoms with Crippen LogP contribution in [0.1, 0.15) is 49.3 Å². The lowest BCUT2D eigenvalue weighted by molar-refractivity contribution is -0.139. The number of carbonyl (C=O) groups excluding carboxylic acids is 1. The van der Waals surface area contributed by atoms with E-state index in [0.29, 0.717) is 35.1 Å². The normalized spacial score (nSPS) is 10.9. The standard InChI is InChI=1S/C36H36F2O3/c1-3-5-6-8-25-10-12-27(13-11-25)28-16-18-33(34(37)22-28)30-17-19-32(35(38)23-30)29-15-14-26(9-7-20-39)31(21-29)24-41-36(40)4-2/h4,10-19,21-23,39H,2-3,5-9,20,24H2,1H3. The van der Waals surface area contributed by atoms with Crippen LogP contribution >= 0.6 is 0 Å². The van der Waals surface area contributed by atoms with E-state index >= 15 is 8.78 Å². The van der Waals surface area contributed by atoms with Crippen molar-refractivity contribution in [2.24, 2.45) is 0 Å². The molecule has 0 aliphatic carbocycles. The maximum absolute atomic E-state index is 15.4. The molecular formula is C36H36F2O3. The van der Waals surface area contributed by atoms with E-state index in [0.717, 1.165) is 41.2 Å². The van der Waals surface area contributed by atoms with Gasteiger partial charge in [-0.2, -0.15) is 0 Å². The Morgan fingerprint density at radius 1 is 0.756 bits per heavy atom. The predicted molar refractivity (Wildman–Crippen MR) is 161 cm³/mol. The molecule has 0 amide bonds. The van der Waals surface area contributed by atoms with Gasteiger partial charge in [-0.05, 0) is 82.8 Å². The zero-order valence-corrected chi connectivity index (χ0v) is 23.5. The van der Waals surface area contributed by atoms with E-state index in [-0.39, 0.29) is 13.2 Å². The molecule has 0 bridgehead atoms. The second-order valence-electron chi connectivity index (χ2n) is 10.2. The van der Waals surface area contributed by atoms with Crippen LogP contribution in [-0.4, -0.2) is 17.7 Å². The number of halogens is 2. The van der Waals surface area contributed by atoms with Gasteiger partial charge in [0.1, 0.15) is 18.2 Å². The average molecular weight is 555 g/mol. The summed E-state index contributed by atoms with van der Waals surface area (Å²) in [5.74, 6) is -1.45. The quantitative estimate of drug-likeness (QED) is 0.102. The summed E-state index contributed by atoms with van der Waals surface area (Å²) in [6.07, 6.45) is 6.84. The number of benzene rings is 4. The van der Waals surface area contributed by atoms with Gasteiger partial charge in [0.2, 0.25) is 0 Å². The number of hydrogen-bond acceptors (Lipinski definition) is 3. The van der Waals surface area contributed by atoms with E-state index in [1.54, 1.807) is 30.3 Å². The summed E-state index contributed by atoms with van der Waals surface area (Å²) in [7, 11) is 0. The number of aliphatic hydroxyl groups is 1. The minimum atomic E-state index is -0.550. The summed E-state index contributed by atoms with van der Waals surface area (Å²) in [5, 5.41) is 9.22. The zero-order valence-electron chi connectivity index (χ0n) is 23.5. The van der Waals surface area contributed by atoms with Crippen molar-refractivity contribution in [2.75, 3.05) is 6.61 Å². The van der Waals surface area contributed by atoms with E-state index in [2.05, 4.69) is 25.6 Å². The summed E-state index contributed by atoms with van der Waals surface area (Å²) in [5.41, 5.74) is 6.36. The molecule has 4 rings (SSSR count). The van der Waals surface area contributed by atoms with Gasteiger partial charge in [-0.1, -0.05) is 87.0 Å². The fourth-order valence-corrected chi connectivity index (χ4v) is 4.94. The van der Waals surface area contributed by atoms with Gasteiger partial charge in [-0.25, -0.2) is 13.6 Å². The van der Waals surface area contributed by atoms with Gasteiger partial charge in [-0.15, -0.1) is 0 Å². The van der Waals surface area contributed by atoms with Crippen molar-refractivity contribution in [1.29, 1.82) is 0 Å². The highest BCUT2D eigenvalue weighted by Crippen LogP contribution is 2.33. The molecule has 212 valence electrons. The van der Waals surface area contributed by atoms with Gasteiger partial charge in [0, 0.05) is 23.8 Å². The molecule has 4 aromatic carbocycles. The summed E-state index contributed by atoms with van der Waals surface area (Å²) >= 11 is 0. The highest BCUT2D eigenvalue weighted by molar-refractivity contribution is 5.81. The minimum Gasteiger partial charge on any atom is -0.458 e. The molecule has 41 heavy (non-hydrogen) atoms. The summed E-state index contributed by atoms with van der Waals surface area (Å²) in [6, 6.07) is 23.4. The molecule has 0 atom stereocenters. The Morgan fingerprint density at radius 2 is 1.37 bits per heavy atom. The number of unbranched alkanes of at least 4 members (excludes halogenated alkanes) is 2. The van der Waals surface area contributed by atoms with Crippen LogP contribution in [0.4, 0.5) is 8.78 Å². The van der Waals surface area contributed by atoms with Gasteiger partial charge >= 0.3 is 5.97 Å². The Hall–Kier alpha value is -4.09. The van der Waals surface area contributed by atoms with Crippen molar-refractivity contribution >= 4 is 5.97 Å². The molecule has 3 nitrogen and oxygen atoms in total. The van der Waals surface area contributed by atoms with E-state index in [1.165, 1.54) is 30.5 Å². The third-order valence-electron chi connectivity index (χ3n) is 7.26. The first kappa shape index (κ1) is 29.9. The largest absolute Gasteiger partial charge is 0.458 e. The van der Waals surface area contributed by atoms with Crippen molar-refractivity contribution in [3.05, 3.63) is 120 Å². The van der Waals surface area contributed by atoms with E-state index in [4.69, 9.17) is 4.74 Å². The minimum absolute atomic E-state index is 0.0122. The molecule has 0 fully saturated rings. The molecule has 0 spiro atoms. The van der Waals surface area contributed by atoms with Crippen molar-refractivity contribution in [3.63, 3.8) is 0 Å². The number of hydrogen-bond donors (Lipinski definition) is 1. The third kappa shape index (κ3) is 7.77. The van der Waals surface area contributed by atoms with Crippen LogP contribution in [0.15, 0.2) is 91.5 Å². The van der Waals surface area contributed by atoms with Crippen molar-refractivity contribution in [1.82, 2.24) is 0 Å². The molecule has 0 saturated carbocycles. The molecule has 0 unspecified atom stereocenters. The molecule has 0 aliphatic rings. The van der Waals surface area contributed by atoms with Crippen LogP contribution in [0.2, 0.25) is 0 Å². The second-order valence-corrected chi connectivity index (χ2v) is 10.2. The third-order valence-corrected chi connectivity index (χ3v) is 7.26. The van der Waals surface area contributed by atoms with E-state index < -0.39 is 17.6 Å². The highest BCUT2D eigenvalue weighted by atomic mass is 19.1. The van der Waals surface area contributed by atoms with Crippen molar-refractivity contribution < 1.29 is 23.4 Å². The summed E-state index contributed by atoms with van der Waals surface area (Å²) in [4.78, 5) is 11.6. The lowest BCUT2D eigenvalue weighted by Crippen LogP contribution is -2.04. The maximum atomic E-state index is 15.4. The van der Waals surface area contributed by atoms with Crippen LogP contribution in [0.5, 0.6) is 0 Å². The number of aryl methyl sites for hydroxylation is 2. The smallest absolute Gasteiger partial charge is 0.330 e. The Bertz CT molecular complexity index is 1490. The van der Waals surface area contributed by atoms with Gasteiger partial charge in [0.05, 0.1) is 0 Å². The van der Waals surface area contributed by atoms with Crippen LogP contribution in [-0.2, 0) is 29.0 Å². The number of aliphatic hydroxyl groups excluding tert-OH is 1. The Labute approximate surface area is 241 Å². The number of rotatable bonds is 13. The van der Waals surface area contributed by atoms with Gasteiger partial charge < -0.3 is 9.84 Å². The SMILES string of the molecule is C=CC(=O)OCc1cc(-c2ccc(-c3ccc(-c4ccc(CCCCC)cc4)cc3F)cc2F)ccc1CCCO. The van der Waals surface area contributed by atoms with Crippen molar-refractivity contribution in [3.8, 4) is 33.4 Å². The molecule has 0 aromatic heterocycles. The second kappa shape index (κ2) is 14.5. The molecule has 0 radical (unpaired) electrons. The highest BCUT2D eigenvalue weighted by Gasteiger charge is 2.14. The average Bonchev–Trinajstić information content (AvgIpc) is 2.99. The monoisotopic (exact) mass is 554 g/mol. The first-order chi connectivity index (χ1) is 19.9. The topological polar surface area (TPSA) is 46.5 Å². The lowest BCUT2D eigenvalue weighted by atomic mass is 9.94. The molecule has 1 N–H and O–H groups in total. The Kier molecular flexibility index (Phi) is 10.6. The maximum Gasteiger partial charge on any atom is 0.330 e. The zero-order chi connectivity index (χ0) is 29.2. The van der Waals surface area contributed by atoms with Crippen LogP contribution in [0, 0.1) is 11.6 Å². The van der Waals surface area contributed by atoms with Gasteiger partial charge in [-0.3, -0.25) is 0 Å². The number of ether oxygens (including phenoxy) is 1. The Balaban J connectivity index is 1.55. The fourth-order valence-electron chi connectivity index (χ4n) is 4.94. The Morgan fingerprint density at radius 3 is 2.00 bits per heavy atom. The van der Waals surface area contributed by atoms with Crippen LogP contribution in [0.3, 0.4) is 0 Å². The first-order valence-electron chi connectivity index (χ1n) is 14.1. The van der Waals surface area contributed by atoms with Gasteiger partial charge in [0.25, 0.3) is 0 Å². The van der Waals surface area contributed by atoms with E-state index in [9.17, 15) is 9.90 Å². The number of carbonyl (C=O) groups is 1.